The highest BCUT2D eigenvalue weighted by molar-refractivity contribution is 5.89. The van der Waals surface area contributed by atoms with E-state index in [1.54, 1.807) is 35.2 Å². The number of carbonyl (C=O) groups is 2. The lowest BCUT2D eigenvalue weighted by atomic mass is 10.1. The fraction of sp³-hybridized carbons (Fsp3) is 0.292. The minimum Gasteiger partial charge on any atom is -0.338 e. The zero-order valence-electron chi connectivity index (χ0n) is 17.3. The maximum atomic E-state index is 13.1. The third-order valence-electron chi connectivity index (χ3n) is 5.31. The van der Waals surface area contributed by atoms with E-state index >= 15 is 0 Å². The molecular formula is C24H22F3N3O2. The zero-order chi connectivity index (χ0) is 23.3. The van der Waals surface area contributed by atoms with Crippen LogP contribution in [0.2, 0.25) is 0 Å². The number of nitriles is 1. The Kier molecular flexibility index (Phi) is 6.98. The number of hydrogen-bond acceptors (Lipinski definition) is 3. The fourth-order valence-electron chi connectivity index (χ4n) is 3.71. The van der Waals surface area contributed by atoms with Gasteiger partial charge in [-0.15, -0.1) is 6.58 Å². The summed E-state index contributed by atoms with van der Waals surface area (Å²) >= 11 is 0. The van der Waals surface area contributed by atoms with Crippen LogP contribution in [0.25, 0.3) is 0 Å². The topological polar surface area (TPSA) is 64.4 Å². The van der Waals surface area contributed by atoms with Crippen molar-refractivity contribution in [2.75, 3.05) is 13.1 Å². The highest BCUT2D eigenvalue weighted by atomic mass is 19.4. The van der Waals surface area contributed by atoms with Gasteiger partial charge < -0.3 is 9.80 Å². The number of likely N-dealkylation sites (tertiary alicyclic amines) is 1. The third-order valence-corrected chi connectivity index (χ3v) is 5.31. The number of alkyl halides is 3. The molecule has 1 aliphatic rings. The Balaban J connectivity index is 1.68. The van der Waals surface area contributed by atoms with Crippen molar-refractivity contribution in [3.63, 3.8) is 0 Å². The van der Waals surface area contributed by atoms with E-state index in [0.717, 1.165) is 17.7 Å². The van der Waals surface area contributed by atoms with Gasteiger partial charge in [0.25, 0.3) is 0 Å². The van der Waals surface area contributed by atoms with Gasteiger partial charge in [-0.05, 0) is 35.4 Å². The van der Waals surface area contributed by atoms with Crippen molar-refractivity contribution in [3.05, 3.63) is 83.4 Å². The molecular weight excluding hydrogens is 419 g/mol. The quantitative estimate of drug-likeness (QED) is 0.607. The summed E-state index contributed by atoms with van der Waals surface area (Å²) in [5, 5.41) is 8.92. The molecule has 1 atom stereocenters. The molecule has 166 valence electrons. The van der Waals surface area contributed by atoms with Crippen molar-refractivity contribution in [1.29, 1.82) is 5.26 Å². The number of rotatable bonds is 7. The summed E-state index contributed by atoms with van der Waals surface area (Å²) < 4.78 is 38.9. The van der Waals surface area contributed by atoms with E-state index in [0.29, 0.717) is 17.7 Å². The molecule has 5 nitrogen and oxygen atoms in total. The van der Waals surface area contributed by atoms with E-state index in [1.807, 2.05) is 6.07 Å². The van der Waals surface area contributed by atoms with Gasteiger partial charge in [0.15, 0.2) is 0 Å². The first-order valence-electron chi connectivity index (χ1n) is 10.0. The van der Waals surface area contributed by atoms with E-state index in [-0.39, 0.29) is 37.9 Å². The van der Waals surface area contributed by atoms with Gasteiger partial charge in [0.2, 0.25) is 11.8 Å². The highest BCUT2D eigenvalue weighted by Gasteiger charge is 2.37. The summed E-state index contributed by atoms with van der Waals surface area (Å²) in [5.74, 6) is -1.06. The predicted molar refractivity (Wildman–Crippen MR) is 112 cm³/mol. The maximum absolute atomic E-state index is 13.1. The molecule has 0 spiro atoms. The van der Waals surface area contributed by atoms with Crippen LogP contribution in [-0.2, 0) is 28.9 Å². The smallest absolute Gasteiger partial charge is 0.338 e. The van der Waals surface area contributed by atoms with Gasteiger partial charge in [0.1, 0.15) is 0 Å². The van der Waals surface area contributed by atoms with Gasteiger partial charge in [0, 0.05) is 32.6 Å². The van der Waals surface area contributed by atoms with Crippen molar-refractivity contribution in [2.24, 2.45) is 5.92 Å². The molecule has 0 aliphatic carbocycles. The number of amides is 2. The molecule has 1 unspecified atom stereocenters. The number of benzene rings is 2. The molecule has 0 saturated carbocycles. The van der Waals surface area contributed by atoms with E-state index in [1.165, 1.54) is 17.0 Å². The Morgan fingerprint density at radius 2 is 1.94 bits per heavy atom. The van der Waals surface area contributed by atoms with Crippen LogP contribution in [-0.4, -0.2) is 34.7 Å². The SMILES string of the molecule is C=CCN(Cc1ccc(C#N)cc1)C(=O)C1CC(=O)N(Cc2cccc(C(F)(F)F)c2)C1. The average molecular weight is 441 g/mol. The molecule has 0 aromatic heterocycles. The lowest BCUT2D eigenvalue weighted by Crippen LogP contribution is -2.37. The first-order valence-corrected chi connectivity index (χ1v) is 10.0. The van der Waals surface area contributed by atoms with Crippen LogP contribution >= 0.6 is 0 Å². The molecule has 0 radical (unpaired) electrons. The number of hydrogen-bond donors (Lipinski definition) is 0. The fourth-order valence-corrected chi connectivity index (χ4v) is 3.71. The van der Waals surface area contributed by atoms with Crippen LogP contribution in [0.15, 0.2) is 61.2 Å². The summed E-state index contributed by atoms with van der Waals surface area (Å²) in [6.07, 6.45) is -2.85. The molecule has 1 aliphatic heterocycles. The number of carbonyl (C=O) groups excluding carboxylic acids is 2. The molecule has 1 fully saturated rings. The Morgan fingerprint density at radius 3 is 2.56 bits per heavy atom. The first-order chi connectivity index (χ1) is 15.2. The van der Waals surface area contributed by atoms with Crippen molar-refractivity contribution < 1.29 is 22.8 Å². The van der Waals surface area contributed by atoms with E-state index < -0.39 is 17.7 Å². The monoisotopic (exact) mass is 441 g/mol. The molecule has 32 heavy (non-hydrogen) atoms. The normalized spacial score (nSPS) is 16.0. The Morgan fingerprint density at radius 1 is 1.22 bits per heavy atom. The zero-order valence-corrected chi connectivity index (χ0v) is 17.3. The van der Waals surface area contributed by atoms with Gasteiger partial charge >= 0.3 is 6.18 Å². The molecule has 3 rings (SSSR count). The second kappa shape index (κ2) is 9.69. The van der Waals surface area contributed by atoms with Gasteiger partial charge in [-0.3, -0.25) is 9.59 Å². The summed E-state index contributed by atoms with van der Waals surface area (Å²) in [4.78, 5) is 28.6. The van der Waals surface area contributed by atoms with Gasteiger partial charge in [-0.1, -0.05) is 30.3 Å². The largest absolute Gasteiger partial charge is 0.416 e. The van der Waals surface area contributed by atoms with Crippen LogP contribution in [0.4, 0.5) is 13.2 Å². The first kappa shape index (κ1) is 23.1. The Labute approximate surface area is 184 Å². The van der Waals surface area contributed by atoms with Gasteiger partial charge in [0.05, 0.1) is 23.1 Å². The Hall–Kier alpha value is -3.60. The molecule has 0 bridgehead atoms. The molecule has 1 heterocycles. The maximum Gasteiger partial charge on any atom is 0.416 e. The highest BCUT2D eigenvalue weighted by Crippen LogP contribution is 2.30. The third kappa shape index (κ3) is 5.55. The molecule has 0 N–H and O–H groups in total. The minimum absolute atomic E-state index is 0.0127. The second-order valence-electron chi connectivity index (χ2n) is 7.69. The summed E-state index contributed by atoms with van der Waals surface area (Å²) in [5.41, 5.74) is 0.946. The van der Waals surface area contributed by atoms with Crippen molar-refractivity contribution >= 4 is 11.8 Å². The van der Waals surface area contributed by atoms with E-state index in [2.05, 4.69) is 6.58 Å². The average Bonchev–Trinajstić information content (AvgIpc) is 3.13. The summed E-state index contributed by atoms with van der Waals surface area (Å²) in [7, 11) is 0. The second-order valence-corrected chi connectivity index (χ2v) is 7.69. The Bertz CT molecular complexity index is 1040. The lowest BCUT2D eigenvalue weighted by Gasteiger charge is -2.25. The van der Waals surface area contributed by atoms with Crippen LogP contribution in [0.1, 0.15) is 28.7 Å². The minimum atomic E-state index is -4.46. The van der Waals surface area contributed by atoms with Crippen molar-refractivity contribution in [3.8, 4) is 6.07 Å². The van der Waals surface area contributed by atoms with Crippen molar-refractivity contribution in [2.45, 2.75) is 25.7 Å². The molecule has 2 amide bonds. The lowest BCUT2D eigenvalue weighted by molar-refractivity contribution is -0.137. The predicted octanol–water partition coefficient (Wildman–Crippen LogP) is 4.14. The summed E-state index contributed by atoms with van der Waals surface area (Å²) in [6.45, 7) is 4.44. The molecule has 2 aromatic rings. The number of nitrogens with zero attached hydrogens (tertiary/aromatic N) is 3. The van der Waals surface area contributed by atoms with Crippen LogP contribution in [0.5, 0.6) is 0 Å². The summed E-state index contributed by atoms with van der Waals surface area (Å²) in [6, 6.07) is 13.8. The molecule has 1 saturated heterocycles. The van der Waals surface area contributed by atoms with E-state index in [9.17, 15) is 22.8 Å². The standard InChI is InChI=1S/C24H22F3N3O2/c1-2-10-29(14-18-8-6-17(13-28)7-9-18)23(32)20-12-22(31)30(16-20)15-19-4-3-5-21(11-19)24(25,26)27/h2-9,11,20H,1,10,12,14-16H2. The van der Waals surface area contributed by atoms with E-state index in [4.69, 9.17) is 5.26 Å². The van der Waals surface area contributed by atoms with Crippen LogP contribution in [0.3, 0.4) is 0 Å². The van der Waals surface area contributed by atoms with Gasteiger partial charge in [-0.2, -0.15) is 18.4 Å². The molecule has 2 aromatic carbocycles. The van der Waals surface area contributed by atoms with Gasteiger partial charge in [-0.25, -0.2) is 0 Å². The van der Waals surface area contributed by atoms with Crippen LogP contribution in [0, 0.1) is 17.2 Å². The number of halogens is 3. The van der Waals surface area contributed by atoms with Crippen molar-refractivity contribution in [1.82, 2.24) is 9.80 Å². The van der Waals surface area contributed by atoms with Crippen LogP contribution < -0.4 is 0 Å². The molecule has 8 heteroatoms.